The van der Waals surface area contributed by atoms with Crippen LogP contribution in [-0.2, 0) is 0 Å². The Hall–Kier alpha value is -2.44. The van der Waals surface area contributed by atoms with E-state index in [-0.39, 0.29) is 0 Å². The van der Waals surface area contributed by atoms with Crippen molar-refractivity contribution in [1.29, 1.82) is 0 Å². The number of nitrogens with zero attached hydrogens (tertiary/aromatic N) is 6. The fraction of sp³-hybridized carbons (Fsp3) is 0.520. The molecule has 0 aromatic carbocycles. The van der Waals surface area contributed by atoms with Crippen LogP contribution in [0.4, 0.5) is 5.82 Å². The molecule has 0 bridgehead atoms. The molecule has 2 aliphatic rings. The molecule has 0 unspecified atom stereocenters. The molecular formula is C25H34N6. The molecule has 0 aliphatic carbocycles. The zero-order valence-electron chi connectivity index (χ0n) is 19.0. The van der Waals surface area contributed by atoms with Gasteiger partial charge in [-0.15, -0.1) is 0 Å². The number of pyridine rings is 2. The van der Waals surface area contributed by atoms with Crippen LogP contribution in [0, 0.1) is 6.92 Å². The first kappa shape index (κ1) is 20.5. The highest BCUT2D eigenvalue weighted by molar-refractivity contribution is 5.53. The van der Waals surface area contributed by atoms with E-state index in [0.717, 1.165) is 51.2 Å². The van der Waals surface area contributed by atoms with Gasteiger partial charge in [0.05, 0.1) is 23.5 Å². The average Bonchev–Trinajstić information content (AvgIpc) is 3.24. The summed E-state index contributed by atoms with van der Waals surface area (Å²) in [6.07, 6.45) is 7.72. The summed E-state index contributed by atoms with van der Waals surface area (Å²) in [5, 5.41) is 0. The number of hydrogen-bond donors (Lipinski definition) is 0. The van der Waals surface area contributed by atoms with Crippen LogP contribution in [0.5, 0.6) is 0 Å². The summed E-state index contributed by atoms with van der Waals surface area (Å²) in [4.78, 5) is 17.4. The van der Waals surface area contributed by atoms with Gasteiger partial charge in [0.2, 0.25) is 0 Å². The Labute approximate surface area is 185 Å². The molecule has 0 radical (unpaired) electrons. The highest BCUT2D eigenvalue weighted by atomic mass is 15.3. The maximum absolute atomic E-state index is 5.09. The lowest BCUT2D eigenvalue weighted by atomic mass is 9.91. The Kier molecular flexibility index (Phi) is 5.67. The van der Waals surface area contributed by atoms with Crippen molar-refractivity contribution in [2.24, 2.45) is 0 Å². The first-order valence-corrected chi connectivity index (χ1v) is 11.7. The Balaban J connectivity index is 1.43. The first-order chi connectivity index (χ1) is 15.2. The van der Waals surface area contributed by atoms with E-state index in [2.05, 4.69) is 70.5 Å². The molecule has 2 atom stereocenters. The van der Waals surface area contributed by atoms with E-state index >= 15 is 0 Å². The highest BCUT2D eigenvalue weighted by Crippen LogP contribution is 2.40. The van der Waals surface area contributed by atoms with Gasteiger partial charge in [-0.25, -0.2) is 4.98 Å². The Morgan fingerprint density at radius 3 is 2.58 bits per heavy atom. The maximum Gasteiger partial charge on any atom is 0.138 e. The fourth-order valence-electron chi connectivity index (χ4n) is 5.39. The minimum absolute atomic E-state index is 0.324. The summed E-state index contributed by atoms with van der Waals surface area (Å²) in [5.74, 6) is 1.27. The zero-order valence-corrected chi connectivity index (χ0v) is 19.0. The second kappa shape index (κ2) is 8.60. The Morgan fingerprint density at radius 1 is 1.00 bits per heavy atom. The monoisotopic (exact) mass is 418 g/mol. The lowest BCUT2D eigenvalue weighted by molar-refractivity contribution is 0.109. The Bertz CT molecular complexity index is 1040. The molecular weight excluding hydrogens is 384 g/mol. The number of likely N-dealkylation sites (tertiary alicyclic amines) is 1. The number of aryl methyl sites for hydroxylation is 1. The van der Waals surface area contributed by atoms with Gasteiger partial charge >= 0.3 is 0 Å². The molecule has 6 heteroatoms. The molecule has 0 spiro atoms. The van der Waals surface area contributed by atoms with Crippen molar-refractivity contribution >= 4 is 11.5 Å². The van der Waals surface area contributed by atoms with Gasteiger partial charge in [0.25, 0.3) is 0 Å². The summed E-state index contributed by atoms with van der Waals surface area (Å²) in [5.41, 5.74) is 4.73. The van der Waals surface area contributed by atoms with Crippen molar-refractivity contribution in [3.63, 3.8) is 0 Å². The van der Waals surface area contributed by atoms with Gasteiger partial charge in [-0.2, -0.15) is 0 Å². The molecule has 0 saturated carbocycles. The minimum Gasteiger partial charge on any atom is -0.355 e. The Morgan fingerprint density at radius 2 is 1.81 bits per heavy atom. The first-order valence-electron chi connectivity index (χ1n) is 11.7. The third-order valence-electron chi connectivity index (χ3n) is 7.28. The van der Waals surface area contributed by atoms with Crippen molar-refractivity contribution in [3.05, 3.63) is 59.7 Å². The van der Waals surface area contributed by atoms with Gasteiger partial charge in [-0.1, -0.05) is 19.1 Å². The maximum atomic E-state index is 5.09. The number of piperazine rings is 1. The van der Waals surface area contributed by atoms with E-state index in [1.165, 1.54) is 29.2 Å². The van der Waals surface area contributed by atoms with Gasteiger partial charge in [0, 0.05) is 38.6 Å². The van der Waals surface area contributed by atoms with E-state index in [4.69, 9.17) is 9.97 Å². The number of fused-ring (bicyclic) bond motifs is 1. The minimum atomic E-state index is 0.324. The van der Waals surface area contributed by atoms with Crippen LogP contribution < -0.4 is 4.90 Å². The van der Waals surface area contributed by atoms with Crippen LogP contribution in [-0.4, -0.2) is 63.9 Å². The van der Waals surface area contributed by atoms with E-state index in [0.29, 0.717) is 12.1 Å². The van der Waals surface area contributed by atoms with Gasteiger partial charge < -0.3 is 9.80 Å². The normalized spacial score (nSPS) is 23.5. The zero-order chi connectivity index (χ0) is 21.4. The third kappa shape index (κ3) is 3.83. The van der Waals surface area contributed by atoms with Gasteiger partial charge in [0.15, 0.2) is 0 Å². The van der Waals surface area contributed by atoms with Crippen molar-refractivity contribution in [2.45, 2.75) is 45.2 Å². The highest BCUT2D eigenvalue weighted by Gasteiger charge is 2.32. The molecule has 5 heterocycles. The molecule has 0 amide bonds. The smallest absolute Gasteiger partial charge is 0.138 e. The van der Waals surface area contributed by atoms with Gasteiger partial charge in [0.1, 0.15) is 11.5 Å². The molecule has 3 aromatic heterocycles. The number of aromatic nitrogens is 3. The molecule has 31 heavy (non-hydrogen) atoms. The molecule has 3 aromatic rings. The summed E-state index contributed by atoms with van der Waals surface area (Å²) in [6, 6.07) is 11.4. The molecule has 2 fully saturated rings. The third-order valence-corrected chi connectivity index (χ3v) is 7.28. The molecule has 0 N–H and O–H groups in total. The predicted molar refractivity (Wildman–Crippen MR) is 126 cm³/mol. The van der Waals surface area contributed by atoms with Crippen LogP contribution in [0.2, 0.25) is 0 Å². The van der Waals surface area contributed by atoms with Crippen molar-refractivity contribution in [2.75, 3.05) is 44.7 Å². The van der Waals surface area contributed by atoms with Gasteiger partial charge in [-0.05, 0) is 63.5 Å². The molecule has 6 nitrogen and oxygen atoms in total. The van der Waals surface area contributed by atoms with Gasteiger partial charge in [-0.3, -0.25) is 14.3 Å². The standard InChI is InChI=1S/C25H34N6/c1-4-29-14-16-30(17-15-29)24-12-6-11-23-27-20(18-31(23)24)21-9-5-10-22(28(21)3)25-19(2)8-7-13-26-25/h6-8,11-13,18,21-22H,4-5,9-10,14-17H2,1-3H3/t21-,22+/m1/s1. The summed E-state index contributed by atoms with van der Waals surface area (Å²) in [6.45, 7) is 9.97. The van der Waals surface area contributed by atoms with Crippen molar-refractivity contribution in [3.8, 4) is 0 Å². The average molecular weight is 419 g/mol. The number of piperidine rings is 1. The fourth-order valence-corrected chi connectivity index (χ4v) is 5.39. The molecule has 2 aliphatic heterocycles. The summed E-state index contributed by atoms with van der Waals surface area (Å²) in [7, 11) is 2.25. The van der Waals surface area contributed by atoms with Crippen molar-refractivity contribution < 1.29 is 0 Å². The quantitative estimate of drug-likeness (QED) is 0.639. The number of anilines is 1. The largest absolute Gasteiger partial charge is 0.355 e. The topological polar surface area (TPSA) is 39.9 Å². The van der Waals surface area contributed by atoms with Crippen LogP contribution in [0.1, 0.15) is 55.2 Å². The predicted octanol–water partition coefficient (Wildman–Crippen LogP) is 4.08. The number of imidazole rings is 1. The van der Waals surface area contributed by atoms with E-state index in [9.17, 15) is 0 Å². The molecule has 164 valence electrons. The second-order valence-electron chi connectivity index (χ2n) is 9.03. The van der Waals surface area contributed by atoms with Crippen LogP contribution in [0.3, 0.4) is 0 Å². The summed E-state index contributed by atoms with van der Waals surface area (Å²) < 4.78 is 2.31. The van der Waals surface area contributed by atoms with Crippen molar-refractivity contribution in [1.82, 2.24) is 24.2 Å². The lowest BCUT2D eigenvalue weighted by Crippen LogP contribution is -2.46. The number of likely N-dealkylation sites (N-methyl/N-ethyl adjacent to an activating group) is 1. The molecule has 2 saturated heterocycles. The molecule has 5 rings (SSSR count). The number of rotatable bonds is 4. The van der Waals surface area contributed by atoms with E-state index in [1.54, 1.807) is 0 Å². The van der Waals surface area contributed by atoms with Crippen LogP contribution in [0.25, 0.3) is 5.65 Å². The second-order valence-corrected chi connectivity index (χ2v) is 9.03. The van der Waals surface area contributed by atoms with E-state index in [1.807, 2.05) is 12.3 Å². The lowest BCUT2D eigenvalue weighted by Gasteiger charge is -2.39. The van der Waals surface area contributed by atoms with Crippen LogP contribution >= 0.6 is 0 Å². The number of hydrogen-bond acceptors (Lipinski definition) is 5. The van der Waals surface area contributed by atoms with Crippen LogP contribution in [0.15, 0.2) is 42.7 Å². The summed E-state index contributed by atoms with van der Waals surface area (Å²) >= 11 is 0. The SMILES string of the molecule is CCN1CCN(c2cccc3nc([C@H]4CCC[C@@H](c5ncccc5C)N4C)cn23)CC1. The van der Waals surface area contributed by atoms with E-state index < -0.39 is 0 Å².